The van der Waals surface area contributed by atoms with Crippen molar-refractivity contribution < 1.29 is 4.39 Å². The fourth-order valence-electron chi connectivity index (χ4n) is 2.06. The first-order valence-corrected chi connectivity index (χ1v) is 6.15. The van der Waals surface area contributed by atoms with Gasteiger partial charge in [-0.1, -0.05) is 19.2 Å². The molecule has 0 spiro atoms. The molecule has 0 unspecified atom stereocenters. The summed E-state index contributed by atoms with van der Waals surface area (Å²) in [4.78, 5) is 8.32. The second kappa shape index (κ2) is 5.25. The van der Waals surface area contributed by atoms with Crippen LogP contribution in [0.25, 0.3) is 11.6 Å². The van der Waals surface area contributed by atoms with Crippen LogP contribution in [0.2, 0.25) is 0 Å². The van der Waals surface area contributed by atoms with E-state index < -0.39 is 5.82 Å². The SMILES string of the molecule is C=Cc1cc(C)c(C(=C)c2cc(F)cnc2N)nc1C. The normalized spacial score (nSPS) is 10.3. The molecule has 0 saturated heterocycles. The molecular weight excluding hydrogens is 253 g/mol. The van der Waals surface area contributed by atoms with Crippen molar-refractivity contribution >= 4 is 17.5 Å². The summed E-state index contributed by atoms with van der Waals surface area (Å²) in [5.74, 6) is -0.213. The minimum Gasteiger partial charge on any atom is -0.383 e. The van der Waals surface area contributed by atoms with E-state index in [4.69, 9.17) is 5.73 Å². The average molecular weight is 269 g/mol. The summed E-state index contributed by atoms with van der Waals surface area (Å²) in [7, 11) is 0. The van der Waals surface area contributed by atoms with Gasteiger partial charge in [-0.2, -0.15) is 0 Å². The van der Waals surface area contributed by atoms with Crippen molar-refractivity contribution in [3.8, 4) is 0 Å². The van der Waals surface area contributed by atoms with Crippen molar-refractivity contribution in [3.63, 3.8) is 0 Å². The lowest BCUT2D eigenvalue weighted by Crippen LogP contribution is -2.03. The van der Waals surface area contributed by atoms with Crippen LogP contribution in [-0.2, 0) is 0 Å². The molecule has 0 aromatic carbocycles. The van der Waals surface area contributed by atoms with Gasteiger partial charge in [-0.15, -0.1) is 0 Å². The van der Waals surface area contributed by atoms with E-state index in [0.29, 0.717) is 16.8 Å². The Kier molecular flexibility index (Phi) is 3.66. The first-order chi connectivity index (χ1) is 9.43. The van der Waals surface area contributed by atoms with Crippen LogP contribution < -0.4 is 5.73 Å². The third-order valence-corrected chi connectivity index (χ3v) is 3.16. The maximum Gasteiger partial charge on any atom is 0.142 e. The quantitative estimate of drug-likeness (QED) is 0.927. The van der Waals surface area contributed by atoms with Gasteiger partial charge in [-0.05, 0) is 37.1 Å². The van der Waals surface area contributed by atoms with E-state index in [1.807, 2.05) is 19.9 Å². The van der Waals surface area contributed by atoms with Gasteiger partial charge in [0.15, 0.2) is 0 Å². The van der Waals surface area contributed by atoms with Gasteiger partial charge in [0, 0.05) is 16.8 Å². The fourth-order valence-corrected chi connectivity index (χ4v) is 2.06. The second-order valence-corrected chi connectivity index (χ2v) is 4.60. The molecule has 0 atom stereocenters. The molecule has 0 aliphatic carbocycles. The summed E-state index contributed by atoms with van der Waals surface area (Å²) < 4.78 is 13.3. The number of pyridine rings is 2. The molecule has 0 amide bonds. The zero-order valence-corrected chi connectivity index (χ0v) is 11.6. The van der Waals surface area contributed by atoms with Crippen molar-refractivity contribution in [2.45, 2.75) is 13.8 Å². The predicted molar refractivity (Wildman–Crippen MR) is 80.5 cm³/mol. The van der Waals surface area contributed by atoms with Gasteiger partial charge in [-0.3, -0.25) is 4.98 Å². The van der Waals surface area contributed by atoms with E-state index in [2.05, 4.69) is 23.1 Å². The van der Waals surface area contributed by atoms with Gasteiger partial charge in [0.2, 0.25) is 0 Å². The third kappa shape index (κ3) is 2.45. The summed E-state index contributed by atoms with van der Waals surface area (Å²) in [5.41, 5.74) is 10.2. The highest BCUT2D eigenvalue weighted by atomic mass is 19.1. The van der Waals surface area contributed by atoms with Crippen LogP contribution in [0.15, 0.2) is 31.5 Å². The molecule has 0 saturated carbocycles. The summed E-state index contributed by atoms with van der Waals surface area (Å²) in [6.07, 6.45) is 2.83. The summed E-state index contributed by atoms with van der Waals surface area (Å²) in [6, 6.07) is 3.29. The number of nitrogens with two attached hydrogens (primary N) is 1. The number of halogens is 1. The summed E-state index contributed by atoms with van der Waals surface area (Å²) >= 11 is 0. The van der Waals surface area contributed by atoms with E-state index in [-0.39, 0.29) is 5.82 Å². The number of aromatic nitrogens is 2. The Morgan fingerprint density at radius 2 is 2.05 bits per heavy atom. The van der Waals surface area contributed by atoms with Crippen molar-refractivity contribution in [1.29, 1.82) is 0 Å². The van der Waals surface area contributed by atoms with Crippen molar-refractivity contribution in [2.75, 3.05) is 5.73 Å². The van der Waals surface area contributed by atoms with Crippen molar-refractivity contribution in [1.82, 2.24) is 9.97 Å². The number of aryl methyl sites for hydroxylation is 2. The Labute approximate surface area is 117 Å². The molecule has 102 valence electrons. The molecule has 2 rings (SSSR count). The molecule has 4 heteroatoms. The Balaban J connectivity index is 2.56. The van der Waals surface area contributed by atoms with Crippen molar-refractivity contribution in [3.05, 3.63) is 65.4 Å². The molecule has 0 bridgehead atoms. The van der Waals surface area contributed by atoms with Crippen LogP contribution in [-0.4, -0.2) is 9.97 Å². The Morgan fingerprint density at radius 3 is 2.70 bits per heavy atom. The molecule has 0 aliphatic heterocycles. The van der Waals surface area contributed by atoms with Gasteiger partial charge in [0.05, 0.1) is 11.9 Å². The molecule has 2 aromatic rings. The molecule has 2 N–H and O–H groups in total. The Bertz CT molecular complexity index is 705. The third-order valence-electron chi connectivity index (χ3n) is 3.16. The summed E-state index contributed by atoms with van der Waals surface area (Å²) in [5, 5.41) is 0. The molecule has 3 nitrogen and oxygen atoms in total. The number of nitrogen functional groups attached to an aromatic ring is 1. The largest absolute Gasteiger partial charge is 0.383 e. The first kappa shape index (κ1) is 13.9. The highest BCUT2D eigenvalue weighted by molar-refractivity contribution is 5.82. The highest BCUT2D eigenvalue weighted by Crippen LogP contribution is 2.28. The van der Waals surface area contributed by atoms with E-state index in [0.717, 1.165) is 23.0 Å². The first-order valence-electron chi connectivity index (χ1n) is 6.15. The molecule has 0 radical (unpaired) electrons. The number of hydrogen-bond donors (Lipinski definition) is 1. The van der Waals surface area contributed by atoms with Gasteiger partial charge in [0.1, 0.15) is 11.6 Å². The smallest absolute Gasteiger partial charge is 0.142 e. The molecule has 2 heterocycles. The van der Waals surface area contributed by atoms with E-state index in [9.17, 15) is 4.39 Å². The maximum atomic E-state index is 13.3. The lowest BCUT2D eigenvalue weighted by atomic mass is 9.99. The van der Waals surface area contributed by atoms with Crippen molar-refractivity contribution in [2.24, 2.45) is 0 Å². The van der Waals surface area contributed by atoms with Crippen LogP contribution in [0.5, 0.6) is 0 Å². The molecule has 0 fully saturated rings. The number of hydrogen-bond acceptors (Lipinski definition) is 3. The van der Waals surface area contributed by atoms with Crippen LogP contribution in [0.1, 0.15) is 28.1 Å². The minimum absolute atomic E-state index is 0.239. The monoisotopic (exact) mass is 269 g/mol. The molecule has 20 heavy (non-hydrogen) atoms. The van der Waals surface area contributed by atoms with Gasteiger partial charge in [0.25, 0.3) is 0 Å². The number of anilines is 1. The van der Waals surface area contributed by atoms with E-state index >= 15 is 0 Å². The standard InChI is InChI=1S/C16H16FN3/c1-5-12-6-9(2)15(20-11(12)4)10(3)14-7-13(17)8-19-16(14)18/h5-8H,1,3H2,2,4H3,(H2,18,19). The Morgan fingerprint density at radius 1 is 1.35 bits per heavy atom. The zero-order valence-electron chi connectivity index (χ0n) is 11.6. The lowest BCUT2D eigenvalue weighted by molar-refractivity contribution is 0.621. The second-order valence-electron chi connectivity index (χ2n) is 4.60. The highest BCUT2D eigenvalue weighted by Gasteiger charge is 2.13. The fraction of sp³-hybridized carbons (Fsp3) is 0.125. The number of rotatable bonds is 3. The average Bonchev–Trinajstić information content (AvgIpc) is 2.42. The number of nitrogens with zero attached hydrogens (tertiary/aromatic N) is 2. The molecular formula is C16H16FN3. The predicted octanol–water partition coefficient (Wildman–Crippen LogP) is 3.52. The van der Waals surface area contributed by atoms with E-state index in [1.165, 1.54) is 6.07 Å². The van der Waals surface area contributed by atoms with Gasteiger partial charge in [-0.25, -0.2) is 9.37 Å². The molecule has 0 aliphatic rings. The van der Waals surface area contributed by atoms with E-state index in [1.54, 1.807) is 6.08 Å². The van der Waals surface area contributed by atoms with Crippen LogP contribution in [0.3, 0.4) is 0 Å². The maximum absolute atomic E-state index is 13.3. The van der Waals surface area contributed by atoms with Crippen LogP contribution in [0, 0.1) is 19.7 Å². The Hall–Kier alpha value is -2.49. The summed E-state index contributed by atoms with van der Waals surface area (Å²) in [6.45, 7) is 11.5. The zero-order chi connectivity index (χ0) is 14.9. The lowest BCUT2D eigenvalue weighted by Gasteiger charge is -2.13. The minimum atomic E-state index is -0.451. The van der Waals surface area contributed by atoms with Crippen LogP contribution in [0.4, 0.5) is 10.2 Å². The molecule has 2 aromatic heterocycles. The topological polar surface area (TPSA) is 51.8 Å². The van der Waals surface area contributed by atoms with Gasteiger partial charge < -0.3 is 5.73 Å². The van der Waals surface area contributed by atoms with Gasteiger partial charge >= 0.3 is 0 Å². The van der Waals surface area contributed by atoms with Crippen LogP contribution >= 0.6 is 0 Å².